The first kappa shape index (κ1) is 17.8. The second-order valence-corrected chi connectivity index (χ2v) is 10.7. The maximum atomic E-state index is 2.63. The van der Waals surface area contributed by atoms with Crippen LogP contribution < -0.4 is 0 Å². The molecule has 3 aliphatic carbocycles. The van der Waals surface area contributed by atoms with Crippen LogP contribution in [-0.4, -0.2) is 0 Å². The third-order valence-corrected chi connectivity index (χ3v) is 9.16. The third kappa shape index (κ3) is 3.02. The average molecular weight is 319 g/mol. The van der Waals surface area contributed by atoms with Crippen molar-refractivity contribution < 1.29 is 0 Å². The first-order valence-electron chi connectivity index (χ1n) is 10.7. The molecule has 3 rings (SSSR count). The van der Waals surface area contributed by atoms with Crippen molar-refractivity contribution in [3.8, 4) is 0 Å². The van der Waals surface area contributed by atoms with Crippen LogP contribution in [0.4, 0.5) is 0 Å². The molecular formula is C23H42. The lowest BCUT2D eigenvalue weighted by Crippen LogP contribution is -2.31. The monoisotopic (exact) mass is 318 g/mol. The molecule has 1 spiro atoms. The Kier molecular flexibility index (Phi) is 4.70. The molecule has 0 N–H and O–H groups in total. The molecule has 0 aliphatic heterocycles. The van der Waals surface area contributed by atoms with E-state index >= 15 is 0 Å². The van der Waals surface area contributed by atoms with Crippen LogP contribution in [0.3, 0.4) is 0 Å². The van der Waals surface area contributed by atoms with Gasteiger partial charge in [0.25, 0.3) is 0 Å². The van der Waals surface area contributed by atoms with Crippen molar-refractivity contribution >= 4 is 0 Å². The molecule has 0 heterocycles. The van der Waals surface area contributed by atoms with E-state index < -0.39 is 0 Å². The highest BCUT2D eigenvalue weighted by Crippen LogP contribution is 2.67. The van der Waals surface area contributed by atoms with Crippen LogP contribution in [0.15, 0.2) is 0 Å². The lowest BCUT2D eigenvalue weighted by Gasteiger charge is -2.37. The standard InChI is InChI=1S/C23H42/c1-8-9-10-19-16(3)18(5)23(13-15(23)2)12-11-20(19)17(4)21-14-22(21,6)7/h15-21H,8-14H2,1-7H3. The smallest absolute Gasteiger partial charge is 0.0240 e. The lowest BCUT2D eigenvalue weighted by molar-refractivity contribution is 0.115. The molecular weight excluding hydrogens is 276 g/mol. The molecule has 3 fully saturated rings. The van der Waals surface area contributed by atoms with Gasteiger partial charge in [0.1, 0.15) is 0 Å². The van der Waals surface area contributed by atoms with Crippen LogP contribution in [0, 0.1) is 52.3 Å². The van der Waals surface area contributed by atoms with Gasteiger partial charge in [-0.3, -0.25) is 0 Å². The van der Waals surface area contributed by atoms with Crippen molar-refractivity contribution in [2.75, 3.05) is 0 Å². The summed E-state index contributed by atoms with van der Waals surface area (Å²) in [6, 6.07) is 0. The first-order chi connectivity index (χ1) is 10.7. The van der Waals surface area contributed by atoms with Crippen molar-refractivity contribution in [3.63, 3.8) is 0 Å². The van der Waals surface area contributed by atoms with Crippen molar-refractivity contribution in [2.24, 2.45) is 52.3 Å². The molecule has 0 aromatic carbocycles. The summed E-state index contributed by atoms with van der Waals surface area (Å²) in [7, 11) is 0. The summed E-state index contributed by atoms with van der Waals surface area (Å²) in [5, 5.41) is 0. The second-order valence-electron chi connectivity index (χ2n) is 10.7. The zero-order valence-corrected chi connectivity index (χ0v) is 17.0. The van der Waals surface area contributed by atoms with Crippen molar-refractivity contribution in [1.82, 2.24) is 0 Å². The maximum Gasteiger partial charge on any atom is -0.0240 e. The molecule has 0 saturated heterocycles. The summed E-state index contributed by atoms with van der Waals surface area (Å²) in [4.78, 5) is 0. The first-order valence-corrected chi connectivity index (χ1v) is 10.7. The van der Waals surface area contributed by atoms with Gasteiger partial charge in [0.15, 0.2) is 0 Å². The molecule has 0 amide bonds. The van der Waals surface area contributed by atoms with E-state index in [1.165, 1.54) is 44.9 Å². The van der Waals surface area contributed by atoms with Crippen molar-refractivity contribution in [1.29, 1.82) is 0 Å². The van der Waals surface area contributed by atoms with E-state index in [2.05, 4.69) is 48.5 Å². The molecule has 0 bridgehead atoms. The Balaban J connectivity index is 1.80. The molecule has 3 aliphatic rings. The van der Waals surface area contributed by atoms with Crippen LogP contribution in [0.1, 0.15) is 93.4 Å². The fourth-order valence-electron chi connectivity index (χ4n) is 6.93. The summed E-state index contributed by atoms with van der Waals surface area (Å²) < 4.78 is 0. The second kappa shape index (κ2) is 6.06. The zero-order valence-electron chi connectivity index (χ0n) is 17.0. The van der Waals surface area contributed by atoms with Crippen LogP contribution in [0.2, 0.25) is 0 Å². The highest BCUT2D eigenvalue weighted by molar-refractivity contribution is 5.08. The molecule has 23 heavy (non-hydrogen) atoms. The number of rotatable bonds is 5. The third-order valence-electron chi connectivity index (χ3n) is 9.16. The molecule has 0 aromatic rings. The molecule has 8 atom stereocenters. The normalized spacial score (nSPS) is 49.7. The van der Waals surface area contributed by atoms with Crippen LogP contribution in [0.25, 0.3) is 0 Å². The highest BCUT2D eigenvalue weighted by atomic mass is 14.6. The molecule has 134 valence electrons. The quantitative estimate of drug-likeness (QED) is 0.503. The van der Waals surface area contributed by atoms with Gasteiger partial charge < -0.3 is 0 Å². The molecule has 3 saturated carbocycles. The molecule has 0 heteroatoms. The van der Waals surface area contributed by atoms with E-state index in [0.717, 1.165) is 46.8 Å². The summed E-state index contributed by atoms with van der Waals surface area (Å²) in [5.41, 5.74) is 1.37. The Hall–Kier alpha value is 0. The topological polar surface area (TPSA) is 0 Å². The average Bonchev–Trinajstić information content (AvgIpc) is 3.36. The van der Waals surface area contributed by atoms with E-state index in [1.54, 1.807) is 0 Å². The Bertz CT molecular complexity index is 422. The van der Waals surface area contributed by atoms with Gasteiger partial charge in [-0.1, -0.05) is 61.3 Å². The van der Waals surface area contributed by atoms with Gasteiger partial charge in [0, 0.05) is 0 Å². The highest BCUT2D eigenvalue weighted by Gasteiger charge is 2.59. The van der Waals surface area contributed by atoms with Crippen molar-refractivity contribution in [3.05, 3.63) is 0 Å². The van der Waals surface area contributed by atoms with Crippen LogP contribution in [-0.2, 0) is 0 Å². The van der Waals surface area contributed by atoms with Crippen LogP contribution >= 0.6 is 0 Å². The summed E-state index contributed by atoms with van der Waals surface area (Å²) in [5.74, 6) is 6.82. The Morgan fingerprint density at radius 2 is 1.70 bits per heavy atom. The summed E-state index contributed by atoms with van der Waals surface area (Å²) >= 11 is 0. The largest absolute Gasteiger partial charge is 0.0654 e. The molecule has 8 unspecified atom stereocenters. The Labute approximate surface area is 146 Å². The van der Waals surface area contributed by atoms with E-state index in [-0.39, 0.29) is 0 Å². The van der Waals surface area contributed by atoms with Crippen LogP contribution in [0.5, 0.6) is 0 Å². The van der Waals surface area contributed by atoms with Gasteiger partial charge >= 0.3 is 0 Å². The summed E-state index contributed by atoms with van der Waals surface area (Å²) in [6.07, 6.45) is 10.4. The van der Waals surface area contributed by atoms with Gasteiger partial charge in [-0.05, 0) is 84.4 Å². The fourth-order valence-corrected chi connectivity index (χ4v) is 6.93. The SMILES string of the molecule is CCCCC1C(C)C(C)C2(CCC1C(C)C1CC1(C)C)CC2C. The van der Waals surface area contributed by atoms with E-state index in [9.17, 15) is 0 Å². The Morgan fingerprint density at radius 3 is 2.17 bits per heavy atom. The maximum absolute atomic E-state index is 2.63. The molecule has 0 aromatic heterocycles. The molecule has 0 radical (unpaired) electrons. The van der Waals surface area contributed by atoms with Gasteiger partial charge in [-0.25, -0.2) is 0 Å². The van der Waals surface area contributed by atoms with Gasteiger partial charge in [-0.15, -0.1) is 0 Å². The minimum absolute atomic E-state index is 0.639. The lowest BCUT2D eigenvalue weighted by atomic mass is 9.68. The van der Waals surface area contributed by atoms with E-state index in [1.807, 2.05) is 0 Å². The zero-order chi connectivity index (χ0) is 17.0. The fraction of sp³-hybridized carbons (Fsp3) is 1.00. The van der Waals surface area contributed by atoms with Gasteiger partial charge in [0.2, 0.25) is 0 Å². The van der Waals surface area contributed by atoms with E-state index in [0.29, 0.717) is 5.41 Å². The van der Waals surface area contributed by atoms with Crippen molar-refractivity contribution in [2.45, 2.75) is 93.4 Å². The number of hydrogen-bond donors (Lipinski definition) is 0. The Morgan fingerprint density at radius 1 is 1.09 bits per heavy atom. The molecule has 0 nitrogen and oxygen atoms in total. The number of unbranched alkanes of at least 4 members (excludes halogenated alkanes) is 1. The minimum atomic E-state index is 0.639. The number of hydrogen-bond acceptors (Lipinski definition) is 0. The predicted molar refractivity (Wildman–Crippen MR) is 101 cm³/mol. The van der Waals surface area contributed by atoms with E-state index in [4.69, 9.17) is 0 Å². The summed E-state index contributed by atoms with van der Waals surface area (Å²) in [6.45, 7) is 17.8. The van der Waals surface area contributed by atoms with Gasteiger partial charge in [0.05, 0.1) is 0 Å². The predicted octanol–water partition coefficient (Wildman–Crippen LogP) is 7.18. The minimum Gasteiger partial charge on any atom is -0.0654 e. The van der Waals surface area contributed by atoms with Gasteiger partial charge in [-0.2, -0.15) is 0 Å².